The lowest BCUT2D eigenvalue weighted by atomic mass is 9.73. The number of hydrogen-bond acceptors (Lipinski definition) is 13. The molecule has 6 fully saturated rings. The van der Waals surface area contributed by atoms with Crippen LogP contribution in [0.25, 0.3) is 22.3 Å². The zero-order chi connectivity index (χ0) is 60.7. The van der Waals surface area contributed by atoms with E-state index in [2.05, 4.69) is 32.6 Å². The van der Waals surface area contributed by atoms with E-state index in [0.717, 1.165) is 47.6 Å². The molecule has 5 aromatic rings. The van der Waals surface area contributed by atoms with E-state index in [0.29, 0.717) is 123 Å². The first-order valence-corrected chi connectivity index (χ1v) is 31.7. The first-order valence-electron chi connectivity index (χ1n) is 31.7. The highest BCUT2D eigenvalue weighted by atomic mass is 19.1. The fourth-order valence-corrected chi connectivity index (χ4v) is 15.3. The number of aromatic nitrogens is 3. The van der Waals surface area contributed by atoms with Crippen LogP contribution in [0.3, 0.4) is 0 Å². The third-order valence-corrected chi connectivity index (χ3v) is 20.2. The molecule has 6 amide bonds. The second-order valence-corrected chi connectivity index (χ2v) is 26.5. The number of aryl methyl sites for hydroxylation is 1. The summed E-state index contributed by atoms with van der Waals surface area (Å²) in [6.45, 7) is 14.5. The Balaban J connectivity index is 0.691. The molecule has 0 bridgehead atoms. The number of benzene rings is 3. The molecule has 8 aliphatic rings. The molecule has 87 heavy (non-hydrogen) atoms. The average molecular weight is 1180 g/mol. The van der Waals surface area contributed by atoms with Crippen LogP contribution >= 0.6 is 0 Å². The van der Waals surface area contributed by atoms with E-state index < -0.39 is 34.9 Å². The summed E-state index contributed by atoms with van der Waals surface area (Å²) in [5.74, 6) is -1.99. The SMILES string of the molecule is Cc1cc(F)c(Nc2nc(-c3ccc4c(c3)N(C3CC(N5CCCCC5)C3)C(=O)C43CCN(C(=O)[C@@H]4CCN(C(=O)N5CCC(Nc6cccc7c6C(=O)N(C6CCC(=O)CC6=O)C7=O)CC5)C4)CC3)cc3ncn(C(C)C)c23)cc1C(=O)CC(C)C. The van der Waals surface area contributed by atoms with Crippen molar-refractivity contribution >= 4 is 80.9 Å². The summed E-state index contributed by atoms with van der Waals surface area (Å²) in [6.07, 6.45) is 10.1. The minimum absolute atomic E-state index is 0.00214. The molecule has 4 saturated heterocycles. The smallest absolute Gasteiger partial charge is 0.320 e. The predicted molar refractivity (Wildman–Crippen MR) is 327 cm³/mol. The zero-order valence-corrected chi connectivity index (χ0v) is 50.5. The summed E-state index contributed by atoms with van der Waals surface area (Å²) in [5.41, 5.74) is 5.84. The van der Waals surface area contributed by atoms with Gasteiger partial charge in [0.15, 0.2) is 17.4 Å². The number of halogens is 1. The van der Waals surface area contributed by atoms with Crippen molar-refractivity contribution in [2.75, 3.05) is 67.9 Å². The van der Waals surface area contributed by atoms with Crippen molar-refractivity contribution in [3.63, 3.8) is 0 Å². The number of carbonyl (C=O) groups excluding carboxylic acids is 8. The fourth-order valence-electron chi connectivity index (χ4n) is 15.3. The molecule has 0 radical (unpaired) electrons. The van der Waals surface area contributed by atoms with E-state index >= 15 is 9.18 Å². The molecule has 2 saturated carbocycles. The molecule has 20 heteroatoms. The van der Waals surface area contributed by atoms with E-state index in [4.69, 9.17) is 9.97 Å². The number of rotatable bonds is 13. The number of Topliss-reactive ketones (excluding diaryl/α,β-unsaturated/α-hetero) is 3. The number of fused-ring (bicyclic) bond motifs is 4. The first kappa shape index (κ1) is 58.2. The summed E-state index contributed by atoms with van der Waals surface area (Å²) in [7, 11) is 0. The number of imidazole rings is 1. The molecule has 456 valence electrons. The Morgan fingerprint density at radius 1 is 0.770 bits per heavy atom. The van der Waals surface area contributed by atoms with Crippen LogP contribution in [0, 0.1) is 24.6 Å². The standard InChI is InChI=1S/C67H78FN11O8/c1-38(2)28-57(81)48-34-53(50(68)29-40(48)5)72-61-60-54(69-37-77(60)39(3)4)35-52(71-61)41-12-14-49-56(30-41)78(45-31-44(32-45)73-21-7-6-8-22-73)65(86)67(49)19-26-74(27-20-67)62(83)42-16-23-76(36-42)66(87)75-24-17-43(18-25-75)70-51-11-9-10-47-59(51)64(85)79(63(47)84)55-15-13-46(80)33-58(55)82/h9-12,14,29-30,34-35,37-39,42-45,55,70H,6-8,13,15-28,31-33,36H2,1-5H3,(H,71,72)/t42-,44?,45?,55?/m1/s1. The predicted octanol–water partition coefficient (Wildman–Crippen LogP) is 9.63. The second-order valence-electron chi connectivity index (χ2n) is 26.5. The number of anilines is 4. The van der Waals surface area contributed by atoms with Gasteiger partial charge < -0.3 is 39.7 Å². The van der Waals surface area contributed by atoms with Crippen molar-refractivity contribution in [3.05, 3.63) is 94.6 Å². The minimum atomic E-state index is -0.955. The summed E-state index contributed by atoms with van der Waals surface area (Å²) in [6, 6.07) is 15.4. The van der Waals surface area contributed by atoms with E-state index in [1.54, 1.807) is 42.4 Å². The number of pyridine rings is 1. The van der Waals surface area contributed by atoms with Gasteiger partial charge in [-0.3, -0.25) is 38.5 Å². The van der Waals surface area contributed by atoms with Crippen LogP contribution in [-0.2, 0) is 24.6 Å². The van der Waals surface area contributed by atoms with Gasteiger partial charge in [-0.25, -0.2) is 19.2 Å². The highest BCUT2D eigenvalue weighted by Gasteiger charge is 2.56. The Morgan fingerprint density at radius 2 is 1.52 bits per heavy atom. The van der Waals surface area contributed by atoms with Crippen molar-refractivity contribution in [2.45, 2.75) is 160 Å². The third-order valence-electron chi connectivity index (χ3n) is 20.2. The molecule has 1 unspecified atom stereocenters. The Kier molecular flexibility index (Phi) is 15.4. The normalized spacial score (nSPS) is 23.4. The number of amides is 6. The maximum Gasteiger partial charge on any atom is 0.320 e. The minimum Gasteiger partial charge on any atom is -0.382 e. The number of piperidine rings is 3. The van der Waals surface area contributed by atoms with Gasteiger partial charge >= 0.3 is 6.03 Å². The molecule has 13 rings (SSSR count). The number of carbonyl (C=O) groups is 8. The lowest BCUT2D eigenvalue weighted by molar-refractivity contribution is -0.139. The molecule has 2 aromatic heterocycles. The Hall–Kier alpha value is -7.87. The molecular formula is C67H78FN11O8. The average Bonchev–Trinajstić information content (AvgIpc) is 1.58. The number of likely N-dealkylation sites (tertiary alicyclic amines) is 4. The van der Waals surface area contributed by atoms with Crippen molar-refractivity contribution in [3.8, 4) is 11.3 Å². The maximum absolute atomic E-state index is 16.0. The van der Waals surface area contributed by atoms with Crippen molar-refractivity contribution in [2.24, 2.45) is 11.8 Å². The highest BCUT2D eigenvalue weighted by molar-refractivity contribution is 6.26. The summed E-state index contributed by atoms with van der Waals surface area (Å²) in [5, 5.41) is 6.76. The van der Waals surface area contributed by atoms with Gasteiger partial charge in [-0.2, -0.15) is 0 Å². The van der Waals surface area contributed by atoms with E-state index in [9.17, 15) is 33.6 Å². The number of imide groups is 1. The third kappa shape index (κ3) is 10.5. The van der Waals surface area contributed by atoms with Crippen LogP contribution in [-0.4, -0.2) is 163 Å². The fraction of sp³-hybridized carbons (Fsp3) is 0.522. The Bertz CT molecular complexity index is 3660. The first-order chi connectivity index (χ1) is 41.8. The van der Waals surface area contributed by atoms with E-state index in [-0.39, 0.29) is 95.5 Å². The molecule has 2 atom stereocenters. The number of nitrogens with zero attached hydrogens (tertiary/aromatic N) is 9. The van der Waals surface area contributed by atoms with Crippen LogP contribution in [0.2, 0.25) is 0 Å². The number of urea groups is 1. The Labute approximate surface area is 506 Å². The van der Waals surface area contributed by atoms with Gasteiger partial charge in [-0.1, -0.05) is 38.5 Å². The Morgan fingerprint density at radius 3 is 2.24 bits per heavy atom. The number of ketones is 3. The van der Waals surface area contributed by atoms with Crippen molar-refractivity contribution in [1.82, 2.24) is 39.0 Å². The summed E-state index contributed by atoms with van der Waals surface area (Å²) < 4.78 is 18.0. The molecular weight excluding hydrogens is 1110 g/mol. The molecule has 2 aliphatic carbocycles. The van der Waals surface area contributed by atoms with Crippen molar-refractivity contribution in [1.29, 1.82) is 0 Å². The molecule has 6 aliphatic heterocycles. The lowest BCUT2D eigenvalue weighted by Crippen LogP contribution is -2.58. The molecule has 8 heterocycles. The lowest BCUT2D eigenvalue weighted by Gasteiger charge is -2.48. The maximum atomic E-state index is 16.0. The van der Waals surface area contributed by atoms with Gasteiger partial charge in [-0.05, 0) is 152 Å². The monoisotopic (exact) mass is 1180 g/mol. The van der Waals surface area contributed by atoms with Gasteiger partial charge in [0.25, 0.3) is 11.8 Å². The van der Waals surface area contributed by atoms with Crippen LogP contribution in [0.4, 0.5) is 32.1 Å². The highest BCUT2D eigenvalue weighted by Crippen LogP contribution is 2.53. The van der Waals surface area contributed by atoms with E-state index in [1.807, 2.05) is 54.2 Å². The molecule has 19 nitrogen and oxygen atoms in total. The number of nitrogens with one attached hydrogen (secondary N) is 2. The van der Waals surface area contributed by atoms with Crippen LogP contribution in [0.15, 0.2) is 60.9 Å². The van der Waals surface area contributed by atoms with Crippen LogP contribution < -0.4 is 15.5 Å². The summed E-state index contributed by atoms with van der Waals surface area (Å²) >= 11 is 0. The molecule has 1 spiro atoms. The van der Waals surface area contributed by atoms with Gasteiger partial charge in [0.1, 0.15) is 17.1 Å². The second kappa shape index (κ2) is 23.0. The topological polar surface area (TPSA) is 211 Å². The molecule has 2 N–H and O–H groups in total. The zero-order valence-electron chi connectivity index (χ0n) is 50.5. The van der Waals surface area contributed by atoms with Crippen LogP contribution in [0.1, 0.15) is 166 Å². The molecule has 3 aromatic carbocycles. The van der Waals surface area contributed by atoms with Gasteiger partial charge in [0.05, 0.1) is 58.1 Å². The quantitative estimate of drug-likeness (QED) is 0.0640. The largest absolute Gasteiger partial charge is 0.382 e. The van der Waals surface area contributed by atoms with Gasteiger partial charge in [0, 0.05) is 98.8 Å². The number of hydrogen-bond donors (Lipinski definition) is 2. The van der Waals surface area contributed by atoms with Gasteiger partial charge in [0.2, 0.25) is 11.8 Å². The van der Waals surface area contributed by atoms with Gasteiger partial charge in [-0.15, -0.1) is 0 Å². The summed E-state index contributed by atoms with van der Waals surface area (Å²) in [4.78, 5) is 131. The van der Waals surface area contributed by atoms with Crippen LogP contribution in [0.5, 0.6) is 0 Å². The van der Waals surface area contributed by atoms with E-state index in [1.165, 1.54) is 25.3 Å². The van der Waals surface area contributed by atoms with Crippen molar-refractivity contribution < 1.29 is 42.7 Å².